The van der Waals surface area contributed by atoms with Gasteiger partial charge in [-0.2, -0.15) is 11.8 Å². The van der Waals surface area contributed by atoms with E-state index >= 15 is 0 Å². The third kappa shape index (κ3) is 9.50. The minimum absolute atomic E-state index is 0.0699. The van der Waals surface area contributed by atoms with Crippen molar-refractivity contribution in [2.75, 3.05) is 85.4 Å². The molecule has 2 rings (SSSR count). The summed E-state index contributed by atoms with van der Waals surface area (Å²) in [5.74, 6) is 0.708. The lowest BCUT2D eigenvalue weighted by molar-refractivity contribution is -0.141. The predicted octanol–water partition coefficient (Wildman–Crippen LogP) is 0.103. The molecule has 0 unspecified atom stereocenters. The molecule has 2 heterocycles. The SMILES string of the molecule is CCN1C(=O)N[C@H]2CS[C@@H](CNCCOCCOCCOCCOCCC(=O)OC)[C@H]21. The molecule has 0 aromatic heterocycles. The molecule has 0 spiro atoms. The zero-order valence-corrected chi connectivity index (χ0v) is 19.5. The van der Waals surface area contributed by atoms with Crippen LogP contribution in [-0.2, 0) is 28.5 Å². The molecule has 2 saturated heterocycles. The number of likely N-dealkylation sites (N-methyl/N-ethyl adjacent to an activating group) is 1. The fourth-order valence-electron chi connectivity index (χ4n) is 3.55. The summed E-state index contributed by atoms with van der Waals surface area (Å²) in [6.45, 7) is 8.39. The maximum absolute atomic E-state index is 11.9. The summed E-state index contributed by atoms with van der Waals surface area (Å²) in [6, 6.07) is 0.638. The molecule has 2 N–H and O–H groups in total. The molecule has 10 nitrogen and oxygen atoms in total. The Hall–Kier alpha value is -1.11. The highest BCUT2D eigenvalue weighted by Gasteiger charge is 2.47. The van der Waals surface area contributed by atoms with Gasteiger partial charge >= 0.3 is 12.0 Å². The molecule has 2 fully saturated rings. The van der Waals surface area contributed by atoms with Gasteiger partial charge in [-0.05, 0) is 6.92 Å². The standard InChI is InChI=1S/C20H37N3O7S/c1-3-23-19-16(22-20(23)25)15-31-17(19)14-21-5-7-28-9-11-30-13-12-29-10-8-27-6-4-18(24)26-2/h16-17,19,21H,3-15H2,1-2H3,(H,22,25)/t16-,17-,19-/m0/s1. The van der Waals surface area contributed by atoms with Crippen molar-refractivity contribution < 1.29 is 33.3 Å². The van der Waals surface area contributed by atoms with Crippen molar-refractivity contribution in [3.63, 3.8) is 0 Å². The summed E-state index contributed by atoms with van der Waals surface area (Å²) >= 11 is 1.93. The van der Waals surface area contributed by atoms with E-state index in [2.05, 4.69) is 15.4 Å². The van der Waals surface area contributed by atoms with Crippen molar-refractivity contribution >= 4 is 23.8 Å². The lowest BCUT2D eigenvalue weighted by Gasteiger charge is -2.26. The first-order valence-electron chi connectivity index (χ1n) is 10.9. The molecule has 2 aliphatic heterocycles. The Labute approximate surface area is 189 Å². The van der Waals surface area contributed by atoms with Gasteiger partial charge in [0.15, 0.2) is 0 Å². The van der Waals surface area contributed by atoms with E-state index in [0.29, 0.717) is 58.1 Å². The highest BCUT2D eigenvalue weighted by Crippen LogP contribution is 2.34. The number of carbonyl (C=O) groups is 2. The number of esters is 1. The average molecular weight is 464 g/mol. The van der Waals surface area contributed by atoms with Crippen molar-refractivity contribution in [2.45, 2.75) is 30.7 Å². The molecule has 180 valence electrons. The van der Waals surface area contributed by atoms with Crippen LogP contribution in [0.4, 0.5) is 4.79 Å². The van der Waals surface area contributed by atoms with Crippen molar-refractivity contribution in [3.05, 3.63) is 0 Å². The predicted molar refractivity (Wildman–Crippen MR) is 118 cm³/mol. The summed E-state index contributed by atoms with van der Waals surface area (Å²) in [5, 5.41) is 6.94. The number of fused-ring (bicyclic) bond motifs is 1. The lowest BCUT2D eigenvalue weighted by atomic mass is 10.1. The van der Waals surface area contributed by atoms with Gasteiger partial charge in [0, 0.05) is 30.6 Å². The van der Waals surface area contributed by atoms with E-state index in [1.54, 1.807) is 0 Å². The van der Waals surface area contributed by atoms with Gasteiger partial charge in [0.1, 0.15) is 0 Å². The molecule has 31 heavy (non-hydrogen) atoms. The number of nitrogens with one attached hydrogen (secondary N) is 2. The minimum atomic E-state index is -0.277. The van der Waals surface area contributed by atoms with Crippen LogP contribution in [0.1, 0.15) is 13.3 Å². The van der Waals surface area contributed by atoms with Crippen LogP contribution < -0.4 is 10.6 Å². The molecular formula is C20H37N3O7S. The van der Waals surface area contributed by atoms with Crippen LogP contribution in [-0.4, -0.2) is 120 Å². The zero-order chi connectivity index (χ0) is 22.3. The van der Waals surface area contributed by atoms with Crippen LogP contribution in [0, 0.1) is 0 Å². The van der Waals surface area contributed by atoms with E-state index < -0.39 is 0 Å². The maximum atomic E-state index is 11.9. The fourth-order valence-corrected chi connectivity index (χ4v) is 5.05. The second-order valence-corrected chi connectivity index (χ2v) is 8.46. The van der Waals surface area contributed by atoms with Crippen LogP contribution >= 0.6 is 11.8 Å². The Morgan fingerprint density at radius 1 is 1.06 bits per heavy atom. The number of rotatable bonds is 18. The van der Waals surface area contributed by atoms with Gasteiger partial charge in [-0.15, -0.1) is 0 Å². The zero-order valence-electron chi connectivity index (χ0n) is 18.6. The van der Waals surface area contributed by atoms with Crippen LogP contribution in [0.5, 0.6) is 0 Å². The Balaban J connectivity index is 1.32. The Morgan fingerprint density at radius 2 is 1.68 bits per heavy atom. The molecule has 2 amide bonds. The largest absolute Gasteiger partial charge is 0.469 e. The molecule has 0 radical (unpaired) electrons. The number of thioether (sulfide) groups is 1. The Morgan fingerprint density at radius 3 is 2.29 bits per heavy atom. The molecule has 2 aliphatic rings. The van der Waals surface area contributed by atoms with Crippen LogP contribution in [0.25, 0.3) is 0 Å². The molecule has 0 aromatic carbocycles. The number of methoxy groups -OCH3 is 1. The van der Waals surface area contributed by atoms with Crippen LogP contribution in [0.2, 0.25) is 0 Å². The summed E-state index contributed by atoms with van der Waals surface area (Å²) in [4.78, 5) is 24.8. The summed E-state index contributed by atoms with van der Waals surface area (Å²) in [7, 11) is 1.36. The smallest absolute Gasteiger partial charge is 0.318 e. The number of hydrogen-bond donors (Lipinski definition) is 2. The van der Waals surface area contributed by atoms with Crippen molar-refractivity contribution in [2.24, 2.45) is 0 Å². The highest BCUT2D eigenvalue weighted by molar-refractivity contribution is 8.00. The molecule has 0 bridgehead atoms. The number of amides is 2. The molecule has 3 atom stereocenters. The third-order valence-electron chi connectivity index (χ3n) is 5.12. The van der Waals surface area contributed by atoms with Crippen LogP contribution in [0.3, 0.4) is 0 Å². The second kappa shape index (κ2) is 15.7. The van der Waals surface area contributed by atoms with Crippen LogP contribution in [0.15, 0.2) is 0 Å². The van der Waals surface area contributed by atoms with Crippen molar-refractivity contribution in [1.82, 2.24) is 15.5 Å². The minimum Gasteiger partial charge on any atom is -0.469 e. The first-order chi connectivity index (χ1) is 15.2. The van der Waals surface area contributed by atoms with E-state index in [0.717, 1.165) is 25.4 Å². The first-order valence-corrected chi connectivity index (χ1v) is 12.0. The Bertz CT molecular complexity index is 529. The van der Waals surface area contributed by atoms with Crippen molar-refractivity contribution in [1.29, 1.82) is 0 Å². The number of carbonyl (C=O) groups excluding carboxylic acids is 2. The normalized spacial score (nSPS) is 22.6. The number of urea groups is 1. The quantitative estimate of drug-likeness (QED) is 0.166. The monoisotopic (exact) mass is 463 g/mol. The van der Waals surface area contributed by atoms with Gasteiger partial charge in [-0.1, -0.05) is 0 Å². The van der Waals surface area contributed by atoms with Gasteiger partial charge in [0.25, 0.3) is 0 Å². The van der Waals surface area contributed by atoms with E-state index in [1.165, 1.54) is 7.11 Å². The molecule has 0 aromatic rings. The topological polar surface area (TPSA) is 108 Å². The second-order valence-electron chi connectivity index (χ2n) is 7.18. The van der Waals surface area contributed by atoms with Gasteiger partial charge in [-0.3, -0.25) is 4.79 Å². The van der Waals surface area contributed by atoms with Gasteiger partial charge in [0.2, 0.25) is 0 Å². The summed E-state index contributed by atoms with van der Waals surface area (Å²) < 4.78 is 26.2. The molecule has 0 saturated carbocycles. The number of nitrogens with zero attached hydrogens (tertiary/aromatic N) is 1. The number of hydrogen-bond acceptors (Lipinski definition) is 9. The fraction of sp³-hybridized carbons (Fsp3) is 0.900. The van der Waals surface area contributed by atoms with E-state index in [-0.39, 0.29) is 30.5 Å². The van der Waals surface area contributed by atoms with Gasteiger partial charge in [-0.25, -0.2) is 4.79 Å². The van der Waals surface area contributed by atoms with Crippen molar-refractivity contribution in [3.8, 4) is 0 Å². The van der Waals surface area contributed by atoms with Gasteiger partial charge < -0.3 is 39.2 Å². The van der Waals surface area contributed by atoms with Gasteiger partial charge in [0.05, 0.1) is 78.5 Å². The molecule has 11 heteroatoms. The van der Waals surface area contributed by atoms with E-state index in [9.17, 15) is 9.59 Å². The number of ether oxygens (including phenoxy) is 5. The highest BCUT2D eigenvalue weighted by atomic mass is 32.2. The average Bonchev–Trinajstić information content (AvgIpc) is 3.30. The van der Waals surface area contributed by atoms with E-state index in [1.807, 2.05) is 23.6 Å². The third-order valence-corrected chi connectivity index (χ3v) is 6.54. The first kappa shape index (κ1) is 26.1. The summed E-state index contributed by atoms with van der Waals surface area (Å²) in [6.07, 6.45) is 0.256. The molecular weight excluding hydrogens is 426 g/mol. The maximum Gasteiger partial charge on any atom is 0.318 e. The summed E-state index contributed by atoms with van der Waals surface area (Å²) in [5.41, 5.74) is 0. The lowest BCUT2D eigenvalue weighted by Crippen LogP contribution is -2.44. The molecule has 0 aliphatic carbocycles. The van der Waals surface area contributed by atoms with E-state index in [4.69, 9.17) is 18.9 Å². The Kier molecular flexibility index (Phi) is 13.2.